The molecule has 0 saturated carbocycles. The number of rotatable bonds is 6. The Kier molecular flexibility index (Phi) is 5.52. The maximum absolute atomic E-state index is 12.3. The van der Waals surface area contributed by atoms with E-state index in [1.165, 1.54) is 17.0 Å². The van der Waals surface area contributed by atoms with Crippen molar-refractivity contribution in [3.8, 4) is 5.75 Å². The zero-order valence-corrected chi connectivity index (χ0v) is 13.9. The molecule has 24 heavy (non-hydrogen) atoms. The number of aromatic nitrogens is 1. The van der Waals surface area contributed by atoms with E-state index in [1.54, 1.807) is 14.0 Å². The normalized spacial score (nSPS) is 10.3. The first-order chi connectivity index (χ1) is 11.4. The number of ether oxygens (including phenoxy) is 1. The molecule has 0 bridgehead atoms. The number of carboxylic acid groups (broad SMARTS) is 1. The fraction of sp³-hybridized carbons (Fsp3) is 0.278. The van der Waals surface area contributed by atoms with Crippen molar-refractivity contribution in [2.24, 2.45) is 0 Å². The van der Waals surface area contributed by atoms with Crippen LogP contribution < -0.4 is 4.74 Å². The smallest absolute Gasteiger partial charge is 0.337 e. The number of nitrogens with zero attached hydrogens (tertiary/aromatic N) is 2. The van der Waals surface area contributed by atoms with Gasteiger partial charge >= 0.3 is 5.97 Å². The predicted octanol–water partition coefficient (Wildman–Crippen LogP) is 2.55. The highest BCUT2D eigenvalue weighted by Gasteiger charge is 2.16. The number of carbonyl (C=O) groups excluding carboxylic acids is 1. The van der Waals surface area contributed by atoms with Gasteiger partial charge in [0, 0.05) is 7.05 Å². The first-order valence-electron chi connectivity index (χ1n) is 7.54. The van der Waals surface area contributed by atoms with Crippen LogP contribution in [0.25, 0.3) is 0 Å². The number of carboxylic acids is 1. The molecule has 0 fully saturated rings. The van der Waals surface area contributed by atoms with Crippen molar-refractivity contribution in [2.45, 2.75) is 13.8 Å². The van der Waals surface area contributed by atoms with E-state index in [-0.39, 0.29) is 17.2 Å². The Balaban J connectivity index is 1.93. The number of carbonyl (C=O) groups is 2. The highest BCUT2D eigenvalue weighted by molar-refractivity contribution is 5.94. The second kappa shape index (κ2) is 7.59. The second-order valence-corrected chi connectivity index (χ2v) is 5.52. The number of hydrogen-bond acceptors (Lipinski definition) is 4. The second-order valence-electron chi connectivity index (χ2n) is 5.52. The van der Waals surface area contributed by atoms with Crippen molar-refractivity contribution in [3.05, 3.63) is 58.9 Å². The molecule has 126 valence electrons. The van der Waals surface area contributed by atoms with E-state index in [4.69, 9.17) is 9.84 Å². The van der Waals surface area contributed by atoms with Gasteiger partial charge in [-0.15, -0.1) is 0 Å². The van der Waals surface area contributed by atoms with Gasteiger partial charge in [-0.05, 0) is 38.1 Å². The van der Waals surface area contributed by atoms with Crippen LogP contribution in [0.5, 0.6) is 5.75 Å². The largest absolute Gasteiger partial charge is 0.492 e. The summed E-state index contributed by atoms with van der Waals surface area (Å²) in [5, 5.41) is 8.99. The Morgan fingerprint density at radius 3 is 2.38 bits per heavy atom. The molecule has 0 saturated heterocycles. The monoisotopic (exact) mass is 328 g/mol. The Labute approximate surface area is 140 Å². The SMILES string of the molecule is Cc1ccc(OCCN(C)C(=O)c2ccc(C(=O)O)c(C)n2)cc1. The number of pyridine rings is 1. The zero-order chi connectivity index (χ0) is 17.7. The van der Waals surface area contributed by atoms with E-state index in [0.29, 0.717) is 18.8 Å². The van der Waals surface area contributed by atoms with Crippen LogP contribution >= 0.6 is 0 Å². The summed E-state index contributed by atoms with van der Waals surface area (Å²) in [5.74, 6) is -0.581. The van der Waals surface area contributed by atoms with Crippen LogP contribution in [0.3, 0.4) is 0 Å². The van der Waals surface area contributed by atoms with E-state index in [0.717, 1.165) is 11.3 Å². The van der Waals surface area contributed by atoms with Gasteiger partial charge in [0.15, 0.2) is 0 Å². The maximum Gasteiger partial charge on any atom is 0.337 e. The summed E-state index contributed by atoms with van der Waals surface area (Å²) in [6.07, 6.45) is 0. The van der Waals surface area contributed by atoms with Crippen LogP contribution in [0.1, 0.15) is 32.1 Å². The molecule has 6 nitrogen and oxygen atoms in total. The summed E-state index contributed by atoms with van der Waals surface area (Å²) in [5.41, 5.74) is 1.78. The molecule has 1 amide bonds. The highest BCUT2D eigenvalue weighted by atomic mass is 16.5. The van der Waals surface area contributed by atoms with Gasteiger partial charge in [0.05, 0.1) is 17.8 Å². The van der Waals surface area contributed by atoms with Crippen molar-refractivity contribution < 1.29 is 19.4 Å². The molecule has 1 N–H and O–H groups in total. The highest BCUT2D eigenvalue weighted by Crippen LogP contribution is 2.12. The molecule has 2 rings (SSSR count). The first-order valence-corrected chi connectivity index (χ1v) is 7.54. The Bertz CT molecular complexity index is 741. The predicted molar refractivity (Wildman–Crippen MR) is 89.6 cm³/mol. The standard InChI is InChI=1S/C18H20N2O4/c1-12-4-6-14(7-5-12)24-11-10-20(3)17(21)16-9-8-15(18(22)23)13(2)19-16/h4-9H,10-11H2,1-3H3,(H,22,23). The van der Waals surface area contributed by atoms with Crippen LogP contribution in [0.4, 0.5) is 0 Å². The van der Waals surface area contributed by atoms with Crippen molar-refractivity contribution in [1.29, 1.82) is 0 Å². The Hall–Kier alpha value is -2.89. The number of hydrogen-bond donors (Lipinski definition) is 1. The molecular weight excluding hydrogens is 308 g/mol. The van der Waals surface area contributed by atoms with Gasteiger partial charge < -0.3 is 14.7 Å². The Morgan fingerprint density at radius 1 is 1.12 bits per heavy atom. The van der Waals surface area contributed by atoms with Crippen molar-refractivity contribution in [3.63, 3.8) is 0 Å². The molecule has 1 aromatic carbocycles. The molecule has 6 heteroatoms. The first kappa shape index (κ1) is 17.5. The van der Waals surface area contributed by atoms with Crippen LogP contribution in [0, 0.1) is 13.8 Å². The van der Waals surface area contributed by atoms with Crippen molar-refractivity contribution in [2.75, 3.05) is 20.2 Å². The van der Waals surface area contributed by atoms with Gasteiger partial charge in [0.25, 0.3) is 5.91 Å². The zero-order valence-electron chi connectivity index (χ0n) is 13.9. The average Bonchev–Trinajstić information content (AvgIpc) is 2.55. The number of benzene rings is 1. The lowest BCUT2D eigenvalue weighted by Crippen LogP contribution is -2.31. The maximum atomic E-state index is 12.3. The lowest BCUT2D eigenvalue weighted by molar-refractivity contribution is 0.0692. The van der Waals surface area contributed by atoms with E-state index < -0.39 is 5.97 Å². The molecule has 1 aromatic heterocycles. The topological polar surface area (TPSA) is 79.7 Å². The molecule has 0 aliphatic heterocycles. The fourth-order valence-electron chi connectivity index (χ4n) is 2.14. The van der Waals surface area contributed by atoms with Crippen LogP contribution in [0.15, 0.2) is 36.4 Å². The number of aromatic carboxylic acids is 1. The summed E-state index contributed by atoms with van der Waals surface area (Å²) in [6.45, 7) is 4.33. The third-order valence-corrected chi connectivity index (χ3v) is 3.60. The summed E-state index contributed by atoms with van der Waals surface area (Å²) < 4.78 is 5.60. The lowest BCUT2D eigenvalue weighted by atomic mass is 10.2. The minimum atomic E-state index is -1.06. The lowest BCUT2D eigenvalue weighted by Gasteiger charge is -2.17. The molecule has 0 radical (unpaired) electrons. The van der Waals surface area contributed by atoms with E-state index in [2.05, 4.69) is 4.98 Å². The molecule has 1 heterocycles. The third-order valence-electron chi connectivity index (χ3n) is 3.60. The molecule has 2 aromatic rings. The van der Waals surface area contributed by atoms with E-state index in [1.807, 2.05) is 31.2 Å². The van der Waals surface area contributed by atoms with Crippen LogP contribution in [-0.4, -0.2) is 47.1 Å². The third kappa shape index (κ3) is 4.32. The van der Waals surface area contributed by atoms with Gasteiger partial charge in [0.1, 0.15) is 18.1 Å². The molecule has 0 atom stereocenters. The molecule has 0 aliphatic rings. The summed E-state index contributed by atoms with van der Waals surface area (Å²) in [6, 6.07) is 10.5. The number of amides is 1. The number of likely N-dealkylation sites (N-methyl/N-ethyl adjacent to an activating group) is 1. The summed E-state index contributed by atoms with van der Waals surface area (Å²) >= 11 is 0. The van der Waals surface area contributed by atoms with Gasteiger partial charge in [-0.25, -0.2) is 9.78 Å². The van der Waals surface area contributed by atoms with Gasteiger partial charge in [-0.2, -0.15) is 0 Å². The summed E-state index contributed by atoms with van der Waals surface area (Å²) in [4.78, 5) is 28.9. The Morgan fingerprint density at radius 2 is 1.79 bits per heavy atom. The minimum Gasteiger partial charge on any atom is -0.492 e. The van der Waals surface area contributed by atoms with Crippen LogP contribution in [0.2, 0.25) is 0 Å². The number of aryl methyl sites for hydroxylation is 2. The molecule has 0 aliphatic carbocycles. The quantitative estimate of drug-likeness (QED) is 0.881. The van der Waals surface area contributed by atoms with Gasteiger partial charge in [-0.1, -0.05) is 17.7 Å². The molecular formula is C18H20N2O4. The van der Waals surface area contributed by atoms with Gasteiger partial charge in [-0.3, -0.25) is 4.79 Å². The molecule has 0 unspecified atom stereocenters. The van der Waals surface area contributed by atoms with Crippen LogP contribution in [-0.2, 0) is 0 Å². The van der Waals surface area contributed by atoms with Crippen molar-refractivity contribution >= 4 is 11.9 Å². The minimum absolute atomic E-state index is 0.0944. The summed E-state index contributed by atoms with van der Waals surface area (Å²) in [7, 11) is 1.66. The average molecular weight is 328 g/mol. The van der Waals surface area contributed by atoms with E-state index in [9.17, 15) is 9.59 Å². The van der Waals surface area contributed by atoms with Gasteiger partial charge in [0.2, 0.25) is 0 Å². The van der Waals surface area contributed by atoms with E-state index >= 15 is 0 Å². The molecule has 0 spiro atoms. The van der Waals surface area contributed by atoms with Crippen molar-refractivity contribution in [1.82, 2.24) is 9.88 Å². The fourth-order valence-corrected chi connectivity index (χ4v) is 2.14.